The second-order valence-corrected chi connectivity index (χ2v) is 8.39. The Morgan fingerprint density at radius 3 is 3.17 bits per heavy atom. The Morgan fingerprint density at radius 2 is 2.38 bits per heavy atom. The molecule has 4 nitrogen and oxygen atoms in total. The number of benzene rings is 1. The van der Waals surface area contributed by atoms with Gasteiger partial charge in [-0.1, -0.05) is 34.5 Å². The molecule has 24 heavy (non-hydrogen) atoms. The molecule has 0 unspecified atom stereocenters. The summed E-state index contributed by atoms with van der Waals surface area (Å²) in [5.41, 5.74) is 1.44. The Bertz CT molecular complexity index is 736. The lowest BCUT2D eigenvalue weighted by Crippen LogP contribution is -2.33. The molecule has 1 aliphatic rings. The fourth-order valence-corrected chi connectivity index (χ4v) is 4.19. The standard InChI is InChI=1S/C17H19BrClN3OS/c1-11-3-2-6-22(8-11)9-13-10-24-17(20-13)21-16(23)14-7-12(18)4-5-15(14)19/h4-5,7,10-11H,2-3,6,8-9H2,1H3,(H,20,21,23)/t11-/m1/s1. The minimum absolute atomic E-state index is 0.242. The molecule has 0 saturated carbocycles. The molecule has 1 atom stereocenters. The van der Waals surface area contributed by atoms with Crippen LogP contribution in [-0.2, 0) is 6.54 Å². The first-order valence-electron chi connectivity index (χ1n) is 7.94. The van der Waals surface area contributed by atoms with E-state index >= 15 is 0 Å². The van der Waals surface area contributed by atoms with Crippen molar-refractivity contribution < 1.29 is 4.79 Å². The first-order chi connectivity index (χ1) is 11.5. The van der Waals surface area contributed by atoms with Gasteiger partial charge in [-0.25, -0.2) is 4.98 Å². The predicted octanol–water partition coefficient (Wildman–Crippen LogP) is 5.04. The molecule has 0 radical (unpaired) electrons. The van der Waals surface area contributed by atoms with Gasteiger partial charge < -0.3 is 0 Å². The Labute approximate surface area is 159 Å². The Kier molecular flexibility index (Phi) is 5.92. The van der Waals surface area contributed by atoms with Gasteiger partial charge in [0.25, 0.3) is 5.91 Å². The number of carbonyl (C=O) groups is 1. The van der Waals surface area contributed by atoms with Crippen molar-refractivity contribution in [3.8, 4) is 0 Å². The highest BCUT2D eigenvalue weighted by Crippen LogP contribution is 2.24. The van der Waals surface area contributed by atoms with Crippen LogP contribution in [0.2, 0.25) is 5.02 Å². The average molecular weight is 429 g/mol. The van der Waals surface area contributed by atoms with E-state index in [9.17, 15) is 4.79 Å². The molecule has 1 N–H and O–H groups in total. The molecule has 3 rings (SSSR count). The largest absolute Gasteiger partial charge is 0.298 e. The van der Waals surface area contributed by atoms with Crippen molar-refractivity contribution in [2.45, 2.75) is 26.3 Å². The van der Waals surface area contributed by atoms with Gasteiger partial charge in [0.05, 0.1) is 16.3 Å². The Balaban J connectivity index is 1.63. The molecule has 1 saturated heterocycles. The summed E-state index contributed by atoms with van der Waals surface area (Å²) in [5, 5.41) is 5.88. The molecule has 1 fully saturated rings. The molecule has 1 aliphatic heterocycles. The maximum atomic E-state index is 12.4. The topological polar surface area (TPSA) is 45.2 Å². The number of piperidine rings is 1. The van der Waals surface area contributed by atoms with Crippen molar-refractivity contribution in [2.24, 2.45) is 5.92 Å². The van der Waals surface area contributed by atoms with E-state index in [2.05, 4.69) is 38.1 Å². The lowest BCUT2D eigenvalue weighted by Gasteiger charge is -2.30. The maximum absolute atomic E-state index is 12.4. The number of thiazole rings is 1. The fourth-order valence-electron chi connectivity index (χ4n) is 2.93. The van der Waals surface area contributed by atoms with Crippen molar-refractivity contribution in [1.29, 1.82) is 0 Å². The van der Waals surface area contributed by atoms with E-state index in [0.29, 0.717) is 15.7 Å². The molecule has 1 aromatic heterocycles. The van der Waals surface area contributed by atoms with Gasteiger partial charge in [-0.2, -0.15) is 0 Å². The lowest BCUT2D eigenvalue weighted by atomic mass is 10.0. The zero-order valence-electron chi connectivity index (χ0n) is 13.4. The number of anilines is 1. The Morgan fingerprint density at radius 1 is 1.54 bits per heavy atom. The third kappa shape index (κ3) is 4.57. The minimum atomic E-state index is -0.242. The molecule has 0 spiro atoms. The summed E-state index contributed by atoms with van der Waals surface area (Å²) in [5.74, 6) is 0.504. The van der Waals surface area contributed by atoms with E-state index in [4.69, 9.17) is 11.6 Å². The monoisotopic (exact) mass is 427 g/mol. The SMILES string of the molecule is C[C@@H]1CCCN(Cc2csc(NC(=O)c3cc(Br)ccc3Cl)n2)C1. The van der Waals surface area contributed by atoms with Gasteiger partial charge in [-0.3, -0.25) is 15.0 Å². The Hall–Kier alpha value is -0.950. The van der Waals surface area contributed by atoms with Crippen LogP contribution in [-0.4, -0.2) is 28.9 Å². The number of carbonyl (C=O) groups excluding carboxylic acids is 1. The van der Waals surface area contributed by atoms with Gasteiger partial charge >= 0.3 is 0 Å². The molecular formula is C17H19BrClN3OS. The van der Waals surface area contributed by atoms with Crippen LogP contribution in [0.3, 0.4) is 0 Å². The van der Waals surface area contributed by atoms with Gasteiger partial charge in [0.2, 0.25) is 0 Å². The van der Waals surface area contributed by atoms with Crippen LogP contribution < -0.4 is 5.32 Å². The summed E-state index contributed by atoms with van der Waals surface area (Å²) < 4.78 is 0.816. The molecule has 0 aliphatic carbocycles. The molecule has 0 bridgehead atoms. The summed E-state index contributed by atoms with van der Waals surface area (Å²) >= 11 is 10.9. The summed E-state index contributed by atoms with van der Waals surface area (Å²) in [4.78, 5) is 19.3. The van der Waals surface area contributed by atoms with Crippen molar-refractivity contribution in [1.82, 2.24) is 9.88 Å². The van der Waals surface area contributed by atoms with Crippen LogP contribution in [0.25, 0.3) is 0 Å². The number of likely N-dealkylation sites (tertiary alicyclic amines) is 1. The van der Waals surface area contributed by atoms with E-state index in [1.165, 1.54) is 24.2 Å². The quantitative estimate of drug-likeness (QED) is 0.741. The van der Waals surface area contributed by atoms with Crippen LogP contribution in [0.4, 0.5) is 5.13 Å². The highest BCUT2D eigenvalue weighted by molar-refractivity contribution is 9.10. The first kappa shape index (κ1) is 17.9. The van der Waals surface area contributed by atoms with Crippen molar-refractivity contribution in [3.05, 3.63) is 44.3 Å². The van der Waals surface area contributed by atoms with Crippen LogP contribution in [0.5, 0.6) is 0 Å². The smallest absolute Gasteiger partial charge is 0.258 e. The molecule has 2 heterocycles. The third-order valence-electron chi connectivity index (χ3n) is 4.07. The average Bonchev–Trinajstić information content (AvgIpc) is 2.96. The number of amides is 1. The van der Waals surface area contributed by atoms with Gasteiger partial charge in [0.15, 0.2) is 5.13 Å². The van der Waals surface area contributed by atoms with Gasteiger partial charge in [-0.15, -0.1) is 11.3 Å². The number of aromatic nitrogens is 1. The molecule has 128 valence electrons. The number of nitrogens with one attached hydrogen (secondary N) is 1. The number of hydrogen-bond donors (Lipinski definition) is 1. The highest BCUT2D eigenvalue weighted by atomic mass is 79.9. The number of halogens is 2. The van der Waals surface area contributed by atoms with Gasteiger partial charge in [-0.05, 0) is 43.5 Å². The van der Waals surface area contributed by atoms with E-state index in [-0.39, 0.29) is 5.91 Å². The zero-order valence-corrected chi connectivity index (χ0v) is 16.5. The van der Waals surface area contributed by atoms with Crippen LogP contribution in [0.1, 0.15) is 35.8 Å². The minimum Gasteiger partial charge on any atom is -0.298 e. The summed E-state index contributed by atoms with van der Waals surface area (Å²) in [7, 11) is 0. The normalized spacial score (nSPS) is 18.5. The first-order valence-corrected chi connectivity index (χ1v) is 9.99. The summed E-state index contributed by atoms with van der Waals surface area (Å²) in [6.07, 6.45) is 2.55. The van der Waals surface area contributed by atoms with Crippen LogP contribution in [0, 0.1) is 5.92 Å². The maximum Gasteiger partial charge on any atom is 0.258 e. The van der Waals surface area contributed by atoms with Gasteiger partial charge in [0, 0.05) is 22.9 Å². The summed E-state index contributed by atoms with van der Waals surface area (Å²) in [6.45, 7) is 5.37. The molecular weight excluding hydrogens is 410 g/mol. The molecule has 7 heteroatoms. The van der Waals surface area contributed by atoms with Gasteiger partial charge in [0.1, 0.15) is 0 Å². The van der Waals surface area contributed by atoms with E-state index in [0.717, 1.165) is 35.7 Å². The molecule has 1 amide bonds. The third-order valence-corrected chi connectivity index (χ3v) is 5.70. The molecule has 2 aromatic rings. The number of hydrogen-bond acceptors (Lipinski definition) is 4. The van der Waals surface area contributed by atoms with E-state index < -0.39 is 0 Å². The van der Waals surface area contributed by atoms with Crippen molar-refractivity contribution in [3.63, 3.8) is 0 Å². The van der Waals surface area contributed by atoms with Crippen LogP contribution in [0.15, 0.2) is 28.1 Å². The van der Waals surface area contributed by atoms with Crippen molar-refractivity contribution in [2.75, 3.05) is 18.4 Å². The fraction of sp³-hybridized carbons (Fsp3) is 0.412. The highest BCUT2D eigenvalue weighted by Gasteiger charge is 2.18. The van der Waals surface area contributed by atoms with Crippen LogP contribution >= 0.6 is 38.9 Å². The van der Waals surface area contributed by atoms with Crippen molar-refractivity contribution >= 4 is 49.9 Å². The van der Waals surface area contributed by atoms with E-state index in [1.807, 2.05) is 5.38 Å². The number of nitrogens with zero attached hydrogens (tertiary/aromatic N) is 2. The van der Waals surface area contributed by atoms with E-state index in [1.54, 1.807) is 18.2 Å². The molecule has 1 aromatic carbocycles. The number of rotatable bonds is 4. The second-order valence-electron chi connectivity index (χ2n) is 6.20. The summed E-state index contributed by atoms with van der Waals surface area (Å²) in [6, 6.07) is 5.22. The second kappa shape index (κ2) is 7.95. The predicted molar refractivity (Wildman–Crippen MR) is 103 cm³/mol. The lowest BCUT2D eigenvalue weighted by molar-refractivity contribution is 0.102. The zero-order chi connectivity index (χ0) is 17.1.